The van der Waals surface area contributed by atoms with E-state index in [0.29, 0.717) is 12.5 Å². The summed E-state index contributed by atoms with van der Waals surface area (Å²) < 4.78 is 24.7. The molecule has 1 unspecified atom stereocenters. The fourth-order valence-corrected chi connectivity index (χ4v) is 3.39. The van der Waals surface area contributed by atoms with Crippen LogP contribution in [-0.2, 0) is 16.6 Å². The molecule has 0 bridgehead atoms. The second-order valence-corrected chi connectivity index (χ2v) is 8.02. The molecule has 0 aromatic carbocycles. The van der Waals surface area contributed by atoms with Gasteiger partial charge in [0.05, 0.1) is 22.7 Å². The van der Waals surface area contributed by atoms with Gasteiger partial charge in [0.2, 0.25) is 10.0 Å². The number of halogens is 1. The fraction of sp³-hybridized carbons (Fsp3) is 0.769. The molecule has 1 aliphatic heterocycles. The van der Waals surface area contributed by atoms with Gasteiger partial charge in [0, 0.05) is 19.6 Å². The Balaban J connectivity index is 1.82. The summed E-state index contributed by atoms with van der Waals surface area (Å²) in [4.78, 5) is 2.34. The lowest BCUT2D eigenvalue weighted by atomic mass is 9.95. The van der Waals surface area contributed by atoms with Crippen LogP contribution in [0.4, 0.5) is 0 Å². The second-order valence-electron chi connectivity index (χ2n) is 5.81. The van der Waals surface area contributed by atoms with Gasteiger partial charge in [-0.15, -0.1) is 0 Å². The molecule has 1 atom stereocenters. The lowest BCUT2D eigenvalue weighted by Crippen LogP contribution is -2.36. The van der Waals surface area contributed by atoms with Gasteiger partial charge < -0.3 is 0 Å². The molecule has 1 saturated heterocycles. The summed E-state index contributed by atoms with van der Waals surface area (Å²) in [6.07, 6.45) is 4.35. The van der Waals surface area contributed by atoms with Crippen LogP contribution in [0.5, 0.6) is 0 Å². The molecular formula is C13H23ClN4O2S. The van der Waals surface area contributed by atoms with E-state index in [0.717, 1.165) is 55.3 Å². The Labute approximate surface area is 131 Å². The van der Waals surface area contributed by atoms with Crippen LogP contribution in [0.25, 0.3) is 0 Å². The van der Waals surface area contributed by atoms with Gasteiger partial charge in [-0.25, -0.2) is 13.1 Å². The van der Waals surface area contributed by atoms with Crippen molar-refractivity contribution in [2.45, 2.75) is 32.7 Å². The number of hydrogen-bond donors (Lipinski definition) is 2. The van der Waals surface area contributed by atoms with Gasteiger partial charge in [-0.1, -0.05) is 11.6 Å². The number of rotatable bonds is 6. The molecule has 2 N–H and O–H groups in total. The van der Waals surface area contributed by atoms with Crippen LogP contribution < -0.4 is 4.72 Å². The summed E-state index contributed by atoms with van der Waals surface area (Å²) in [6, 6.07) is 0. The largest absolute Gasteiger partial charge is 0.297 e. The highest BCUT2D eigenvalue weighted by Gasteiger charge is 2.21. The molecule has 0 aliphatic carbocycles. The Hall–Kier alpha value is -0.630. The standard InChI is InChI=1S/C13H23ClN4O2S/c1-10-13(14)12(17-16-10)9-18-7-3-4-11(8-18)5-6-15-21(2,19)20/h11,15H,3-9H2,1-2H3,(H,16,17). The number of piperidine rings is 1. The van der Waals surface area contributed by atoms with E-state index in [1.807, 2.05) is 6.92 Å². The van der Waals surface area contributed by atoms with Crippen molar-refractivity contribution in [1.82, 2.24) is 19.8 Å². The third-order valence-corrected chi connectivity index (χ3v) is 5.06. The molecule has 1 aromatic heterocycles. The number of nitrogens with zero attached hydrogens (tertiary/aromatic N) is 2. The second kappa shape index (κ2) is 7.09. The minimum absolute atomic E-state index is 0.514. The van der Waals surface area contributed by atoms with Gasteiger partial charge in [-0.3, -0.25) is 10.00 Å². The third-order valence-electron chi connectivity index (χ3n) is 3.83. The summed E-state index contributed by atoms with van der Waals surface area (Å²) >= 11 is 6.20. The first kappa shape index (κ1) is 16.7. The maximum Gasteiger partial charge on any atom is 0.208 e. The first-order valence-corrected chi connectivity index (χ1v) is 9.48. The number of hydrogen-bond acceptors (Lipinski definition) is 4. The molecule has 0 saturated carbocycles. The lowest BCUT2D eigenvalue weighted by Gasteiger charge is -2.32. The van der Waals surface area contributed by atoms with Crippen molar-refractivity contribution in [3.63, 3.8) is 0 Å². The van der Waals surface area contributed by atoms with E-state index in [9.17, 15) is 8.42 Å². The van der Waals surface area contributed by atoms with Gasteiger partial charge in [-0.2, -0.15) is 5.10 Å². The summed E-state index contributed by atoms with van der Waals surface area (Å²) in [5, 5.41) is 7.86. The first-order valence-electron chi connectivity index (χ1n) is 7.21. The first-order chi connectivity index (χ1) is 9.85. The predicted octanol–water partition coefficient (Wildman–Crippen LogP) is 1.52. The highest BCUT2D eigenvalue weighted by molar-refractivity contribution is 7.88. The van der Waals surface area contributed by atoms with E-state index >= 15 is 0 Å². The van der Waals surface area contributed by atoms with E-state index in [-0.39, 0.29) is 0 Å². The van der Waals surface area contributed by atoms with Crippen LogP contribution in [0.2, 0.25) is 5.02 Å². The van der Waals surface area contributed by atoms with Crippen LogP contribution in [0, 0.1) is 12.8 Å². The Morgan fingerprint density at radius 2 is 2.29 bits per heavy atom. The molecule has 1 fully saturated rings. The van der Waals surface area contributed by atoms with Crippen molar-refractivity contribution >= 4 is 21.6 Å². The monoisotopic (exact) mass is 334 g/mol. The summed E-state index contributed by atoms with van der Waals surface area (Å²) in [5.74, 6) is 0.520. The van der Waals surface area contributed by atoms with Crippen molar-refractivity contribution < 1.29 is 8.42 Å². The number of aromatic nitrogens is 2. The summed E-state index contributed by atoms with van der Waals surface area (Å²) in [6.45, 7) is 5.18. The van der Waals surface area contributed by atoms with E-state index < -0.39 is 10.0 Å². The van der Waals surface area contributed by atoms with Crippen molar-refractivity contribution in [1.29, 1.82) is 0 Å². The number of sulfonamides is 1. The molecule has 0 spiro atoms. The highest BCUT2D eigenvalue weighted by atomic mass is 35.5. The zero-order valence-corrected chi connectivity index (χ0v) is 14.1. The SMILES string of the molecule is Cc1[nH]nc(CN2CCCC(CCNS(C)(=O)=O)C2)c1Cl. The molecule has 0 amide bonds. The smallest absolute Gasteiger partial charge is 0.208 e. The average molecular weight is 335 g/mol. The molecule has 8 heteroatoms. The zero-order valence-electron chi connectivity index (χ0n) is 12.5. The van der Waals surface area contributed by atoms with Crippen LogP contribution in [0.1, 0.15) is 30.7 Å². The Morgan fingerprint density at radius 3 is 2.90 bits per heavy atom. The predicted molar refractivity (Wildman–Crippen MR) is 83.8 cm³/mol. The van der Waals surface area contributed by atoms with E-state index in [2.05, 4.69) is 19.8 Å². The van der Waals surface area contributed by atoms with Gasteiger partial charge in [0.1, 0.15) is 0 Å². The molecular weight excluding hydrogens is 312 g/mol. The van der Waals surface area contributed by atoms with Crippen LogP contribution >= 0.6 is 11.6 Å². The molecule has 2 rings (SSSR count). The van der Waals surface area contributed by atoms with Gasteiger partial charge >= 0.3 is 0 Å². The topological polar surface area (TPSA) is 78.1 Å². The van der Waals surface area contributed by atoms with E-state index in [1.54, 1.807) is 0 Å². The minimum Gasteiger partial charge on any atom is -0.297 e. The highest BCUT2D eigenvalue weighted by Crippen LogP contribution is 2.23. The minimum atomic E-state index is -3.09. The van der Waals surface area contributed by atoms with Crippen LogP contribution in [0.3, 0.4) is 0 Å². The Morgan fingerprint density at radius 1 is 1.52 bits per heavy atom. The van der Waals surface area contributed by atoms with Crippen molar-refractivity contribution in [3.05, 3.63) is 16.4 Å². The molecule has 21 heavy (non-hydrogen) atoms. The zero-order chi connectivity index (χ0) is 15.5. The Bertz CT molecular complexity index is 573. The molecule has 2 heterocycles. The molecule has 120 valence electrons. The molecule has 1 aromatic rings. The normalized spacial score (nSPS) is 20.8. The molecule has 0 radical (unpaired) electrons. The van der Waals surface area contributed by atoms with Gasteiger partial charge in [0.15, 0.2) is 0 Å². The maximum atomic E-state index is 11.1. The third kappa shape index (κ3) is 5.25. The van der Waals surface area contributed by atoms with E-state index in [1.165, 1.54) is 6.26 Å². The molecule has 6 nitrogen and oxygen atoms in total. The molecule has 1 aliphatic rings. The quantitative estimate of drug-likeness (QED) is 0.827. The number of H-pyrrole nitrogens is 1. The summed E-state index contributed by atoms with van der Waals surface area (Å²) in [5.41, 5.74) is 1.79. The van der Waals surface area contributed by atoms with Crippen LogP contribution in [-0.4, -0.2) is 49.4 Å². The Kier molecular flexibility index (Phi) is 5.65. The fourth-order valence-electron chi connectivity index (χ4n) is 2.76. The summed E-state index contributed by atoms with van der Waals surface area (Å²) in [7, 11) is -3.09. The van der Waals surface area contributed by atoms with Crippen molar-refractivity contribution in [2.75, 3.05) is 25.9 Å². The number of aryl methyl sites for hydroxylation is 1. The number of likely N-dealkylation sites (tertiary alicyclic amines) is 1. The maximum absolute atomic E-state index is 11.1. The number of aromatic amines is 1. The lowest BCUT2D eigenvalue weighted by molar-refractivity contribution is 0.161. The number of nitrogens with one attached hydrogen (secondary N) is 2. The van der Waals surface area contributed by atoms with Gasteiger partial charge in [0.25, 0.3) is 0 Å². The van der Waals surface area contributed by atoms with Crippen molar-refractivity contribution in [2.24, 2.45) is 5.92 Å². The average Bonchev–Trinajstić information content (AvgIpc) is 2.70. The van der Waals surface area contributed by atoms with Crippen LogP contribution in [0.15, 0.2) is 0 Å². The van der Waals surface area contributed by atoms with Gasteiger partial charge in [-0.05, 0) is 38.6 Å². The van der Waals surface area contributed by atoms with Crippen molar-refractivity contribution in [3.8, 4) is 0 Å². The van der Waals surface area contributed by atoms with E-state index in [4.69, 9.17) is 11.6 Å².